The van der Waals surface area contributed by atoms with Crippen molar-refractivity contribution in [2.75, 3.05) is 0 Å². The van der Waals surface area contributed by atoms with Crippen molar-refractivity contribution in [1.82, 2.24) is 9.97 Å². The Balaban J connectivity index is 1.69. The highest BCUT2D eigenvalue weighted by Gasteiger charge is 2.08. The first-order chi connectivity index (χ1) is 14.6. The highest BCUT2D eigenvalue weighted by atomic mass is 35.5. The fourth-order valence-electron chi connectivity index (χ4n) is 2.91. The molecule has 0 aliphatic rings. The standard InChI is InChI=1S/C25H18Cl2N2O/c26-20-9-1-17(2-10-20)5-15-23-24(16-6-18-3-11-21(27)12-4-18)29-25(28-23)19-7-13-22(30)14-8-19/h1-16,30H,(H,28,29). The summed E-state index contributed by atoms with van der Waals surface area (Å²) in [5.74, 6) is 0.942. The number of aromatic amines is 1. The zero-order valence-corrected chi connectivity index (χ0v) is 17.4. The Morgan fingerprint density at radius 3 is 1.77 bits per heavy atom. The SMILES string of the molecule is Oc1ccc(-c2nc(C=Cc3ccc(Cl)cc3)c(C=Cc3ccc(Cl)cc3)[nH]2)cc1. The number of imidazole rings is 1. The molecule has 0 fully saturated rings. The Morgan fingerprint density at radius 1 is 0.667 bits per heavy atom. The summed E-state index contributed by atoms with van der Waals surface area (Å²) in [7, 11) is 0. The summed E-state index contributed by atoms with van der Waals surface area (Å²) in [4.78, 5) is 8.11. The second-order valence-corrected chi connectivity index (χ2v) is 7.57. The predicted molar refractivity (Wildman–Crippen MR) is 126 cm³/mol. The van der Waals surface area contributed by atoms with Crippen LogP contribution in [0.3, 0.4) is 0 Å². The minimum atomic E-state index is 0.219. The zero-order chi connectivity index (χ0) is 20.9. The van der Waals surface area contributed by atoms with Gasteiger partial charge in [-0.1, -0.05) is 59.6 Å². The first-order valence-corrected chi connectivity index (χ1v) is 10.1. The molecule has 1 heterocycles. The molecule has 0 atom stereocenters. The Kier molecular flexibility index (Phi) is 6.03. The van der Waals surface area contributed by atoms with Crippen molar-refractivity contribution in [1.29, 1.82) is 0 Å². The molecule has 148 valence electrons. The third-order valence-electron chi connectivity index (χ3n) is 4.52. The van der Waals surface area contributed by atoms with Gasteiger partial charge in [0.15, 0.2) is 0 Å². The number of nitrogens with zero attached hydrogens (tertiary/aromatic N) is 1. The molecule has 3 nitrogen and oxygen atoms in total. The predicted octanol–water partition coefficient (Wildman–Crippen LogP) is 7.43. The number of rotatable bonds is 5. The van der Waals surface area contributed by atoms with Crippen LogP contribution in [-0.2, 0) is 0 Å². The number of aromatic nitrogens is 2. The lowest BCUT2D eigenvalue weighted by molar-refractivity contribution is 0.475. The maximum Gasteiger partial charge on any atom is 0.138 e. The number of aromatic hydroxyl groups is 1. The first-order valence-electron chi connectivity index (χ1n) is 9.33. The third-order valence-corrected chi connectivity index (χ3v) is 5.02. The van der Waals surface area contributed by atoms with Gasteiger partial charge in [0.2, 0.25) is 0 Å². The maximum absolute atomic E-state index is 9.55. The average molecular weight is 433 g/mol. The van der Waals surface area contributed by atoms with Crippen LogP contribution in [0.1, 0.15) is 22.5 Å². The molecule has 0 aliphatic heterocycles. The lowest BCUT2D eigenvalue weighted by atomic mass is 10.1. The topological polar surface area (TPSA) is 48.9 Å². The number of benzene rings is 3. The number of hydrogen-bond donors (Lipinski definition) is 2. The Morgan fingerprint density at radius 2 is 1.20 bits per heavy atom. The van der Waals surface area contributed by atoms with Gasteiger partial charge < -0.3 is 10.1 Å². The van der Waals surface area contributed by atoms with Crippen molar-refractivity contribution in [2.45, 2.75) is 0 Å². The van der Waals surface area contributed by atoms with Crippen molar-refractivity contribution in [3.8, 4) is 17.1 Å². The molecule has 3 aromatic carbocycles. The Hall–Kier alpha value is -3.27. The van der Waals surface area contributed by atoms with E-state index in [0.717, 1.165) is 33.9 Å². The van der Waals surface area contributed by atoms with Gasteiger partial charge in [-0.25, -0.2) is 4.98 Å². The molecule has 4 rings (SSSR count). The largest absolute Gasteiger partial charge is 0.508 e. The summed E-state index contributed by atoms with van der Waals surface area (Å²) in [6, 6.07) is 22.2. The molecule has 1 aromatic heterocycles. The molecule has 0 saturated heterocycles. The van der Waals surface area contributed by atoms with Gasteiger partial charge in [-0.2, -0.15) is 0 Å². The van der Waals surface area contributed by atoms with Gasteiger partial charge in [-0.05, 0) is 71.8 Å². The number of phenols is 1. The molecule has 0 spiro atoms. The molecule has 0 bridgehead atoms. The molecular weight excluding hydrogens is 415 g/mol. The Bertz CT molecular complexity index is 1120. The van der Waals surface area contributed by atoms with E-state index < -0.39 is 0 Å². The molecule has 0 radical (unpaired) electrons. The Labute approximate surface area is 185 Å². The summed E-state index contributed by atoms with van der Waals surface area (Å²) in [5.41, 5.74) is 4.63. The minimum absolute atomic E-state index is 0.219. The van der Waals surface area contributed by atoms with E-state index in [1.165, 1.54) is 0 Å². The van der Waals surface area contributed by atoms with E-state index in [-0.39, 0.29) is 5.75 Å². The molecule has 2 N–H and O–H groups in total. The van der Waals surface area contributed by atoms with E-state index in [1.807, 2.05) is 85.0 Å². The van der Waals surface area contributed by atoms with E-state index in [0.29, 0.717) is 10.0 Å². The van der Waals surface area contributed by atoms with Gasteiger partial charge >= 0.3 is 0 Å². The van der Waals surface area contributed by atoms with Crippen LogP contribution in [0.25, 0.3) is 35.7 Å². The molecule has 0 aliphatic carbocycles. The van der Waals surface area contributed by atoms with Crippen molar-refractivity contribution >= 4 is 47.5 Å². The summed E-state index contributed by atoms with van der Waals surface area (Å²) < 4.78 is 0. The maximum atomic E-state index is 9.55. The lowest BCUT2D eigenvalue weighted by Crippen LogP contribution is -1.79. The molecule has 0 saturated carbocycles. The molecule has 0 amide bonds. The fourth-order valence-corrected chi connectivity index (χ4v) is 3.16. The van der Waals surface area contributed by atoms with Crippen LogP contribution in [0.15, 0.2) is 72.8 Å². The van der Waals surface area contributed by atoms with E-state index in [4.69, 9.17) is 28.2 Å². The second-order valence-electron chi connectivity index (χ2n) is 6.70. The number of hydrogen-bond acceptors (Lipinski definition) is 2. The molecular formula is C25H18Cl2N2O. The quantitative estimate of drug-likeness (QED) is 0.344. The van der Waals surface area contributed by atoms with E-state index in [9.17, 15) is 5.11 Å². The number of H-pyrrole nitrogens is 1. The molecule has 0 unspecified atom stereocenters. The van der Waals surface area contributed by atoms with Crippen LogP contribution in [0.4, 0.5) is 0 Å². The highest BCUT2D eigenvalue weighted by Crippen LogP contribution is 2.24. The van der Waals surface area contributed by atoms with Crippen LogP contribution in [0.2, 0.25) is 10.0 Å². The zero-order valence-electron chi connectivity index (χ0n) is 15.9. The minimum Gasteiger partial charge on any atom is -0.508 e. The van der Waals surface area contributed by atoms with Crippen molar-refractivity contribution in [3.63, 3.8) is 0 Å². The lowest BCUT2D eigenvalue weighted by Gasteiger charge is -1.96. The fraction of sp³-hybridized carbons (Fsp3) is 0. The first kappa shape index (κ1) is 20.0. The van der Waals surface area contributed by atoms with Crippen LogP contribution in [-0.4, -0.2) is 15.1 Å². The summed E-state index contributed by atoms with van der Waals surface area (Å²) in [6.07, 6.45) is 7.95. The number of halogens is 2. The molecule has 4 aromatic rings. The van der Waals surface area contributed by atoms with Gasteiger partial charge in [0, 0.05) is 15.6 Å². The summed E-state index contributed by atoms with van der Waals surface area (Å²) in [6.45, 7) is 0. The number of phenolic OH excluding ortho intramolecular Hbond substituents is 1. The van der Waals surface area contributed by atoms with Gasteiger partial charge in [-0.15, -0.1) is 0 Å². The smallest absolute Gasteiger partial charge is 0.138 e. The van der Waals surface area contributed by atoms with E-state index in [2.05, 4.69) is 4.98 Å². The van der Waals surface area contributed by atoms with E-state index in [1.54, 1.807) is 12.1 Å². The van der Waals surface area contributed by atoms with Crippen molar-refractivity contribution in [3.05, 3.63) is 105 Å². The van der Waals surface area contributed by atoms with Crippen molar-refractivity contribution < 1.29 is 5.11 Å². The number of nitrogens with one attached hydrogen (secondary N) is 1. The normalized spacial score (nSPS) is 11.5. The average Bonchev–Trinajstić information content (AvgIpc) is 3.16. The van der Waals surface area contributed by atoms with Gasteiger partial charge in [0.25, 0.3) is 0 Å². The monoisotopic (exact) mass is 432 g/mol. The third kappa shape index (κ3) is 5.01. The summed E-state index contributed by atoms with van der Waals surface area (Å²) in [5, 5.41) is 11.0. The highest BCUT2D eigenvalue weighted by molar-refractivity contribution is 6.30. The van der Waals surface area contributed by atoms with E-state index >= 15 is 0 Å². The summed E-state index contributed by atoms with van der Waals surface area (Å²) >= 11 is 11.9. The van der Waals surface area contributed by atoms with Crippen LogP contribution in [0.5, 0.6) is 5.75 Å². The van der Waals surface area contributed by atoms with Crippen LogP contribution in [0, 0.1) is 0 Å². The van der Waals surface area contributed by atoms with Crippen LogP contribution < -0.4 is 0 Å². The molecule has 30 heavy (non-hydrogen) atoms. The second kappa shape index (κ2) is 9.04. The van der Waals surface area contributed by atoms with Gasteiger partial charge in [0.05, 0.1) is 11.4 Å². The van der Waals surface area contributed by atoms with Gasteiger partial charge in [0.1, 0.15) is 11.6 Å². The van der Waals surface area contributed by atoms with Crippen molar-refractivity contribution in [2.24, 2.45) is 0 Å². The van der Waals surface area contributed by atoms with Crippen LogP contribution >= 0.6 is 23.2 Å². The van der Waals surface area contributed by atoms with Gasteiger partial charge in [-0.3, -0.25) is 0 Å². The molecule has 5 heteroatoms.